The molecule has 1 unspecified atom stereocenters. The van der Waals surface area contributed by atoms with Crippen molar-refractivity contribution in [3.63, 3.8) is 0 Å². The van der Waals surface area contributed by atoms with Gasteiger partial charge in [-0.3, -0.25) is 9.59 Å². The van der Waals surface area contributed by atoms with Gasteiger partial charge in [0.15, 0.2) is 0 Å². The minimum Gasteiger partial charge on any atom is -0.355 e. The molecule has 1 aromatic carbocycles. The van der Waals surface area contributed by atoms with E-state index in [4.69, 9.17) is 0 Å². The van der Waals surface area contributed by atoms with E-state index in [1.165, 1.54) is 12.1 Å². The quantitative estimate of drug-likeness (QED) is 0.746. The van der Waals surface area contributed by atoms with Crippen LogP contribution < -0.4 is 10.6 Å². The smallest absolute Gasteiger partial charge is 0.224 e. The fraction of sp³-hybridized carbons (Fsp3) is 0.450. The number of hydrogen-bond acceptors (Lipinski definition) is 3. The highest BCUT2D eigenvalue weighted by Gasteiger charge is 2.16. The van der Waals surface area contributed by atoms with E-state index in [1.54, 1.807) is 16.8 Å². The molecule has 1 heterocycles. The van der Waals surface area contributed by atoms with Crippen LogP contribution >= 0.6 is 0 Å². The van der Waals surface area contributed by atoms with Crippen LogP contribution in [0.3, 0.4) is 0 Å². The maximum atomic E-state index is 13.1. The van der Waals surface area contributed by atoms with Gasteiger partial charge in [-0.2, -0.15) is 5.10 Å². The van der Waals surface area contributed by atoms with Crippen molar-refractivity contribution >= 4 is 11.8 Å². The van der Waals surface area contributed by atoms with E-state index in [0.29, 0.717) is 6.54 Å². The van der Waals surface area contributed by atoms with Gasteiger partial charge in [-0.05, 0) is 51.5 Å². The highest BCUT2D eigenvalue weighted by atomic mass is 19.1. The van der Waals surface area contributed by atoms with Crippen LogP contribution in [0.15, 0.2) is 24.3 Å². The highest BCUT2D eigenvalue weighted by molar-refractivity contribution is 5.81. The van der Waals surface area contributed by atoms with E-state index in [9.17, 15) is 14.0 Å². The Labute approximate surface area is 159 Å². The van der Waals surface area contributed by atoms with Crippen LogP contribution in [0, 0.1) is 19.7 Å². The first-order chi connectivity index (χ1) is 12.8. The molecule has 2 amide bonds. The lowest BCUT2D eigenvalue weighted by Crippen LogP contribution is -2.35. The van der Waals surface area contributed by atoms with Crippen LogP contribution in [0.2, 0.25) is 0 Å². The fourth-order valence-electron chi connectivity index (χ4n) is 2.75. The van der Waals surface area contributed by atoms with Crippen molar-refractivity contribution in [1.82, 2.24) is 20.4 Å². The molecule has 2 N–H and O–H groups in total. The van der Waals surface area contributed by atoms with Crippen LogP contribution in [0.25, 0.3) is 5.69 Å². The van der Waals surface area contributed by atoms with E-state index < -0.39 is 0 Å². The Morgan fingerprint density at radius 2 is 1.85 bits per heavy atom. The number of amides is 2. The maximum absolute atomic E-state index is 13.1. The Hall–Kier alpha value is -2.70. The van der Waals surface area contributed by atoms with Crippen LogP contribution in [0.1, 0.15) is 43.6 Å². The molecule has 6 nitrogen and oxygen atoms in total. The molecule has 0 bridgehead atoms. The van der Waals surface area contributed by atoms with Gasteiger partial charge in [0.1, 0.15) is 5.82 Å². The summed E-state index contributed by atoms with van der Waals surface area (Å²) in [6.45, 7) is 7.97. The maximum Gasteiger partial charge on any atom is 0.224 e. The van der Waals surface area contributed by atoms with Gasteiger partial charge >= 0.3 is 0 Å². The molecule has 1 aromatic heterocycles. The summed E-state index contributed by atoms with van der Waals surface area (Å²) in [6.07, 6.45) is 1.31. The number of halogens is 1. The van der Waals surface area contributed by atoms with E-state index >= 15 is 0 Å². The van der Waals surface area contributed by atoms with Crippen LogP contribution in [0.5, 0.6) is 0 Å². The Morgan fingerprint density at radius 1 is 1.19 bits per heavy atom. The number of nitrogens with zero attached hydrogens (tertiary/aromatic N) is 2. The molecule has 2 aromatic rings. The number of carbonyl (C=O) groups excluding carboxylic acids is 2. The second-order valence-electron chi connectivity index (χ2n) is 6.69. The van der Waals surface area contributed by atoms with Gasteiger partial charge in [-0.15, -0.1) is 0 Å². The predicted molar refractivity (Wildman–Crippen MR) is 102 cm³/mol. The standard InChI is InChI=1S/C20H27FN4O2/c1-5-13(2)23-19(26)10-11-22-20(27)12-18-14(3)24-25(15(18)4)17-8-6-16(21)7-9-17/h6-9,13H,5,10-12H2,1-4H3,(H,22,27)(H,23,26). The number of hydrogen-bond donors (Lipinski definition) is 2. The van der Waals surface area contributed by atoms with Crippen molar-refractivity contribution < 1.29 is 14.0 Å². The first-order valence-electron chi connectivity index (χ1n) is 9.19. The van der Waals surface area contributed by atoms with Crippen molar-refractivity contribution in [3.8, 4) is 5.69 Å². The average Bonchev–Trinajstić information content (AvgIpc) is 2.90. The van der Waals surface area contributed by atoms with E-state index in [-0.39, 0.29) is 36.5 Å². The molecule has 146 valence electrons. The Balaban J connectivity index is 1.94. The number of carbonyl (C=O) groups is 2. The molecule has 0 radical (unpaired) electrons. The lowest BCUT2D eigenvalue weighted by Gasteiger charge is -2.11. The minimum absolute atomic E-state index is 0.0684. The summed E-state index contributed by atoms with van der Waals surface area (Å²) in [6, 6.07) is 6.18. The van der Waals surface area contributed by atoms with Gasteiger partial charge in [0.05, 0.1) is 17.8 Å². The van der Waals surface area contributed by atoms with Crippen molar-refractivity contribution in [2.75, 3.05) is 6.54 Å². The second kappa shape index (κ2) is 9.30. The zero-order valence-electron chi connectivity index (χ0n) is 16.3. The summed E-state index contributed by atoms with van der Waals surface area (Å²) in [4.78, 5) is 24.0. The normalized spacial score (nSPS) is 11.9. The highest BCUT2D eigenvalue weighted by Crippen LogP contribution is 2.18. The molecule has 0 aliphatic rings. The minimum atomic E-state index is -0.308. The molecule has 27 heavy (non-hydrogen) atoms. The predicted octanol–water partition coefficient (Wildman–Crippen LogP) is 2.59. The molecule has 7 heteroatoms. The monoisotopic (exact) mass is 374 g/mol. The molecule has 0 aliphatic heterocycles. The van der Waals surface area contributed by atoms with E-state index in [0.717, 1.165) is 29.1 Å². The third kappa shape index (κ3) is 5.64. The first-order valence-corrected chi connectivity index (χ1v) is 9.19. The Bertz CT molecular complexity index is 799. The van der Waals surface area contributed by atoms with Crippen molar-refractivity contribution in [2.24, 2.45) is 0 Å². The number of aryl methyl sites for hydroxylation is 1. The molecule has 2 rings (SSSR count). The van der Waals surface area contributed by atoms with Crippen LogP contribution in [0.4, 0.5) is 4.39 Å². The summed E-state index contributed by atoms with van der Waals surface area (Å²) in [5, 5.41) is 10.1. The summed E-state index contributed by atoms with van der Waals surface area (Å²) in [5.41, 5.74) is 3.16. The van der Waals surface area contributed by atoms with Crippen molar-refractivity contribution in [1.29, 1.82) is 0 Å². The molecule has 0 saturated carbocycles. The van der Waals surface area contributed by atoms with Crippen LogP contribution in [-0.2, 0) is 16.0 Å². The van der Waals surface area contributed by atoms with Crippen molar-refractivity contribution in [2.45, 2.75) is 53.0 Å². The molecule has 1 atom stereocenters. The third-order valence-electron chi connectivity index (χ3n) is 4.54. The third-order valence-corrected chi connectivity index (χ3v) is 4.54. The number of nitrogens with one attached hydrogen (secondary N) is 2. The Kier molecular flexibility index (Phi) is 7.10. The van der Waals surface area contributed by atoms with E-state index in [2.05, 4.69) is 15.7 Å². The largest absolute Gasteiger partial charge is 0.355 e. The van der Waals surface area contributed by atoms with Gasteiger partial charge < -0.3 is 10.6 Å². The number of aromatic nitrogens is 2. The van der Waals surface area contributed by atoms with E-state index in [1.807, 2.05) is 27.7 Å². The fourth-order valence-corrected chi connectivity index (χ4v) is 2.75. The molecular formula is C20H27FN4O2. The SMILES string of the molecule is CCC(C)NC(=O)CCNC(=O)Cc1c(C)nn(-c2ccc(F)cc2)c1C. The molecule has 0 aliphatic carbocycles. The number of benzene rings is 1. The molecule has 0 saturated heterocycles. The lowest BCUT2D eigenvalue weighted by molar-refractivity contribution is -0.122. The number of rotatable bonds is 8. The van der Waals surface area contributed by atoms with Gasteiger partial charge in [-0.25, -0.2) is 9.07 Å². The summed E-state index contributed by atoms with van der Waals surface area (Å²) >= 11 is 0. The van der Waals surface area contributed by atoms with Gasteiger partial charge in [0.2, 0.25) is 11.8 Å². The Morgan fingerprint density at radius 3 is 2.48 bits per heavy atom. The lowest BCUT2D eigenvalue weighted by atomic mass is 10.1. The molecule has 0 fully saturated rings. The summed E-state index contributed by atoms with van der Waals surface area (Å²) < 4.78 is 14.8. The summed E-state index contributed by atoms with van der Waals surface area (Å²) in [5.74, 6) is -0.533. The van der Waals surface area contributed by atoms with Crippen LogP contribution in [-0.4, -0.2) is 34.2 Å². The van der Waals surface area contributed by atoms with Crippen molar-refractivity contribution in [3.05, 3.63) is 47.0 Å². The topological polar surface area (TPSA) is 76.0 Å². The molecular weight excluding hydrogens is 347 g/mol. The van der Waals surface area contributed by atoms with Gasteiger partial charge in [-0.1, -0.05) is 6.92 Å². The first kappa shape index (κ1) is 20.6. The van der Waals surface area contributed by atoms with Gasteiger partial charge in [0.25, 0.3) is 0 Å². The zero-order chi connectivity index (χ0) is 20.0. The molecule has 0 spiro atoms. The second-order valence-corrected chi connectivity index (χ2v) is 6.69. The summed E-state index contributed by atoms with van der Waals surface area (Å²) in [7, 11) is 0. The zero-order valence-corrected chi connectivity index (χ0v) is 16.3. The average molecular weight is 374 g/mol. The van der Waals surface area contributed by atoms with Gasteiger partial charge in [0, 0.05) is 30.3 Å².